The molecule has 1 N–H and O–H groups in total. The minimum Gasteiger partial charge on any atom is -0.267 e. The molecule has 6 nitrogen and oxygen atoms in total. The highest BCUT2D eigenvalue weighted by Gasteiger charge is 2.11. The minimum atomic E-state index is -0.491. The van der Waals surface area contributed by atoms with Crippen LogP contribution in [0.5, 0.6) is 0 Å². The van der Waals surface area contributed by atoms with Crippen molar-refractivity contribution in [2.75, 3.05) is 0 Å². The molecular formula is C16H14BrN3O3. The number of halogens is 1. The molecule has 118 valence electrons. The molecule has 2 rings (SSSR count). The van der Waals surface area contributed by atoms with Gasteiger partial charge >= 0.3 is 0 Å². The van der Waals surface area contributed by atoms with Gasteiger partial charge in [0.2, 0.25) is 0 Å². The van der Waals surface area contributed by atoms with Crippen LogP contribution in [0.2, 0.25) is 0 Å². The molecule has 2 aromatic rings. The van der Waals surface area contributed by atoms with Gasteiger partial charge in [0, 0.05) is 17.2 Å². The van der Waals surface area contributed by atoms with Gasteiger partial charge in [-0.15, -0.1) is 0 Å². The third kappa shape index (κ3) is 4.46. The summed E-state index contributed by atoms with van der Waals surface area (Å²) < 4.78 is 0.389. The maximum Gasteiger partial charge on any atom is 0.284 e. The average Bonchev–Trinajstić information content (AvgIpc) is 2.56. The van der Waals surface area contributed by atoms with Gasteiger partial charge in [0.1, 0.15) is 0 Å². The zero-order valence-electron chi connectivity index (χ0n) is 12.3. The average molecular weight is 376 g/mol. The van der Waals surface area contributed by atoms with Gasteiger partial charge in [-0.1, -0.05) is 25.1 Å². The highest BCUT2D eigenvalue weighted by molar-refractivity contribution is 9.10. The van der Waals surface area contributed by atoms with Gasteiger partial charge < -0.3 is 0 Å². The molecule has 0 unspecified atom stereocenters. The summed E-state index contributed by atoms with van der Waals surface area (Å²) in [5.74, 6) is -0.337. The van der Waals surface area contributed by atoms with Crippen LogP contribution in [-0.2, 0) is 6.42 Å². The van der Waals surface area contributed by atoms with E-state index < -0.39 is 4.92 Å². The molecule has 0 aliphatic rings. The SMILES string of the molecule is CCc1ccc(C(=O)N/N=C\c2ccc(Br)c([N+](=O)[O-])c2)cc1. The Morgan fingerprint density at radius 2 is 2.00 bits per heavy atom. The van der Waals surface area contributed by atoms with Crippen molar-refractivity contribution in [1.29, 1.82) is 0 Å². The van der Waals surface area contributed by atoms with Crippen molar-refractivity contribution in [3.8, 4) is 0 Å². The van der Waals surface area contributed by atoms with Crippen LogP contribution in [0.4, 0.5) is 5.69 Å². The normalized spacial score (nSPS) is 10.7. The number of carbonyl (C=O) groups excluding carboxylic acids is 1. The van der Waals surface area contributed by atoms with Gasteiger partial charge in [0.15, 0.2) is 0 Å². The molecule has 0 bridgehead atoms. The standard InChI is InChI=1S/C16H14BrN3O3/c1-2-11-3-6-13(7-4-11)16(21)19-18-10-12-5-8-14(17)15(9-12)20(22)23/h3-10H,2H2,1H3,(H,19,21)/b18-10-. The number of aryl methyl sites for hydroxylation is 1. The molecule has 0 aliphatic heterocycles. The first-order valence-electron chi connectivity index (χ1n) is 6.87. The van der Waals surface area contributed by atoms with Crippen molar-refractivity contribution in [3.05, 3.63) is 73.7 Å². The molecular weight excluding hydrogens is 362 g/mol. The monoisotopic (exact) mass is 375 g/mol. The first-order valence-corrected chi connectivity index (χ1v) is 7.67. The number of nitro benzene ring substituents is 1. The van der Waals surface area contributed by atoms with Crippen molar-refractivity contribution < 1.29 is 9.72 Å². The third-order valence-electron chi connectivity index (χ3n) is 3.17. The summed E-state index contributed by atoms with van der Waals surface area (Å²) in [6.07, 6.45) is 2.26. The number of hydrogen-bond acceptors (Lipinski definition) is 4. The minimum absolute atomic E-state index is 0.0598. The van der Waals surface area contributed by atoms with E-state index in [4.69, 9.17) is 0 Å². The topological polar surface area (TPSA) is 84.6 Å². The first-order chi connectivity index (χ1) is 11.0. The fourth-order valence-corrected chi connectivity index (χ4v) is 2.26. The van der Waals surface area contributed by atoms with Crippen LogP contribution in [0.25, 0.3) is 0 Å². The second-order valence-corrected chi connectivity index (χ2v) is 5.57. The maximum atomic E-state index is 11.9. The number of nitro groups is 1. The second-order valence-electron chi connectivity index (χ2n) is 4.72. The lowest BCUT2D eigenvalue weighted by Crippen LogP contribution is -2.17. The molecule has 0 spiro atoms. The fraction of sp³-hybridized carbons (Fsp3) is 0.125. The van der Waals surface area contributed by atoms with Crippen LogP contribution in [0.15, 0.2) is 52.0 Å². The number of hydrazone groups is 1. The van der Waals surface area contributed by atoms with Crippen LogP contribution < -0.4 is 5.43 Å². The van der Waals surface area contributed by atoms with E-state index in [0.717, 1.165) is 12.0 Å². The smallest absolute Gasteiger partial charge is 0.267 e. The van der Waals surface area contributed by atoms with E-state index in [9.17, 15) is 14.9 Å². The van der Waals surface area contributed by atoms with Gasteiger partial charge in [0.25, 0.3) is 11.6 Å². The summed E-state index contributed by atoms with van der Waals surface area (Å²) in [5, 5.41) is 14.7. The predicted octanol–water partition coefficient (Wildman–Crippen LogP) is 3.68. The van der Waals surface area contributed by atoms with E-state index in [1.807, 2.05) is 19.1 Å². The number of nitrogens with one attached hydrogen (secondary N) is 1. The largest absolute Gasteiger partial charge is 0.284 e. The van der Waals surface area contributed by atoms with Crippen molar-refractivity contribution >= 4 is 33.7 Å². The van der Waals surface area contributed by atoms with E-state index in [2.05, 4.69) is 26.5 Å². The molecule has 0 aromatic heterocycles. The summed E-state index contributed by atoms with van der Waals surface area (Å²) in [5.41, 5.74) is 4.50. The Balaban J connectivity index is 2.04. The van der Waals surface area contributed by atoms with Crippen molar-refractivity contribution in [2.24, 2.45) is 5.10 Å². The molecule has 0 saturated heterocycles. The molecule has 7 heteroatoms. The third-order valence-corrected chi connectivity index (χ3v) is 3.84. The highest BCUT2D eigenvalue weighted by Crippen LogP contribution is 2.24. The Kier molecular flexibility index (Phi) is 5.59. The quantitative estimate of drug-likeness (QED) is 0.491. The van der Waals surface area contributed by atoms with Crippen molar-refractivity contribution in [3.63, 3.8) is 0 Å². The van der Waals surface area contributed by atoms with E-state index in [-0.39, 0.29) is 11.6 Å². The van der Waals surface area contributed by atoms with Crippen LogP contribution in [0.3, 0.4) is 0 Å². The summed E-state index contributed by atoms with van der Waals surface area (Å²) in [6.45, 7) is 2.04. The highest BCUT2D eigenvalue weighted by atomic mass is 79.9. The van der Waals surface area contributed by atoms with Crippen molar-refractivity contribution in [2.45, 2.75) is 13.3 Å². The molecule has 0 fully saturated rings. The maximum absolute atomic E-state index is 11.9. The number of rotatable bonds is 5. The van der Waals surface area contributed by atoms with Gasteiger partial charge in [-0.3, -0.25) is 14.9 Å². The Morgan fingerprint density at radius 3 is 2.61 bits per heavy atom. The van der Waals surface area contributed by atoms with Gasteiger partial charge in [-0.25, -0.2) is 5.43 Å². The summed E-state index contributed by atoms with van der Waals surface area (Å²) in [6, 6.07) is 11.8. The Bertz CT molecular complexity index is 758. The molecule has 0 radical (unpaired) electrons. The summed E-state index contributed by atoms with van der Waals surface area (Å²) in [7, 11) is 0. The van der Waals surface area contributed by atoms with Crippen LogP contribution in [-0.4, -0.2) is 17.0 Å². The molecule has 0 saturated carbocycles. The number of nitrogens with zero attached hydrogens (tertiary/aromatic N) is 2. The molecule has 1 amide bonds. The van der Waals surface area contributed by atoms with E-state index in [1.165, 1.54) is 12.3 Å². The summed E-state index contributed by atoms with van der Waals surface area (Å²) in [4.78, 5) is 22.3. The number of hydrogen-bond donors (Lipinski definition) is 1. The molecule has 0 atom stereocenters. The lowest BCUT2D eigenvalue weighted by atomic mass is 10.1. The predicted molar refractivity (Wildman–Crippen MR) is 91.7 cm³/mol. The van der Waals surface area contributed by atoms with Gasteiger partial charge in [0.05, 0.1) is 15.6 Å². The second kappa shape index (κ2) is 7.64. The van der Waals surface area contributed by atoms with E-state index >= 15 is 0 Å². The van der Waals surface area contributed by atoms with Crippen molar-refractivity contribution in [1.82, 2.24) is 5.43 Å². The van der Waals surface area contributed by atoms with E-state index in [0.29, 0.717) is 15.6 Å². The summed E-state index contributed by atoms with van der Waals surface area (Å²) >= 11 is 3.11. The van der Waals surface area contributed by atoms with Gasteiger partial charge in [-0.2, -0.15) is 5.10 Å². The van der Waals surface area contributed by atoms with E-state index in [1.54, 1.807) is 24.3 Å². The Hall–Kier alpha value is -2.54. The number of amides is 1. The zero-order chi connectivity index (χ0) is 16.8. The molecule has 2 aromatic carbocycles. The van der Waals surface area contributed by atoms with Crippen LogP contribution >= 0.6 is 15.9 Å². The van der Waals surface area contributed by atoms with Gasteiger partial charge in [-0.05, 0) is 46.1 Å². The van der Waals surface area contributed by atoms with Crippen LogP contribution in [0, 0.1) is 10.1 Å². The first kappa shape index (κ1) is 16.8. The Labute approximate surface area is 141 Å². The molecule has 0 aliphatic carbocycles. The number of benzene rings is 2. The molecule has 23 heavy (non-hydrogen) atoms. The lowest BCUT2D eigenvalue weighted by Gasteiger charge is -2.01. The fourth-order valence-electron chi connectivity index (χ4n) is 1.87. The Morgan fingerprint density at radius 1 is 1.30 bits per heavy atom. The zero-order valence-corrected chi connectivity index (χ0v) is 13.9. The van der Waals surface area contributed by atoms with Crippen LogP contribution in [0.1, 0.15) is 28.4 Å². The molecule has 0 heterocycles. The lowest BCUT2D eigenvalue weighted by molar-refractivity contribution is -0.385. The number of carbonyl (C=O) groups is 1.